The number of nitrogens with two attached hydrogens (primary N) is 1. The average molecular weight is 396 g/mol. The third-order valence-electron chi connectivity index (χ3n) is 4.52. The molecule has 0 aromatic heterocycles. The summed E-state index contributed by atoms with van der Waals surface area (Å²) in [6.07, 6.45) is 2.84. The highest BCUT2D eigenvalue weighted by molar-refractivity contribution is 7.98. The Morgan fingerprint density at radius 1 is 1.32 bits per heavy atom. The van der Waals surface area contributed by atoms with Crippen LogP contribution in [0.1, 0.15) is 32.6 Å². The standard InChI is InChI=1S/C15H29N3O5S2/c1-3-25(22,23)9-10-8-11(17-15(20)21)4-5-13(10)18-14(19)12(16)6-7-24-2/h10-13,17H,3-9,16H2,1-2H3,(H,18,19)(H,20,21)/t10-,11?,12?,13-/m0/s1. The third-order valence-corrected chi connectivity index (χ3v) is 6.97. The van der Waals surface area contributed by atoms with Crippen molar-refractivity contribution in [1.29, 1.82) is 0 Å². The van der Waals surface area contributed by atoms with Crippen LogP contribution in [0.4, 0.5) is 4.79 Å². The SMILES string of the molecule is CCS(=O)(=O)C[C@@H]1CC(NC(=O)O)CC[C@@H]1NC(=O)C(N)CCSC. The normalized spacial score (nSPS) is 25.2. The van der Waals surface area contributed by atoms with E-state index >= 15 is 0 Å². The van der Waals surface area contributed by atoms with Crippen molar-refractivity contribution in [3.63, 3.8) is 0 Å². The van der Waals surface area contributed by atoms with Gasteiger partial charge < -0.3 is 21.5 Å². The zero-order valence-corrected chi connectivity index (χ0v) is 16.4. The Balaban J connectivity index is 2.77. The van der Waals surface area contributed by atoms with Gasteiger partial charge in [0.05, 0.1) is 11.8 Å². The minimum Gasteiger partial charge on any atom is -0.465 e. The van der Waals surface area contributed by atoms with E-state index in [-0.39, 0.29) is 35.4 Å². The molecule has 0 aromatic rings. The number of hydrogen-bond donors (Lipinski definition) is 4. The molecule has 10 heteroatoms. The zero-order valence-electron chi connectivity index (χ0n) is 14.7. The minimum absolute atomic E-state index is 0.0223. The Hall–Kier alpha value is -1.000. The molecule has 146 valence electrons. The van der Waals surface area contributed by atoms with Gasteiger partial charge in [-0.15, -0.1) is 0 Å². The maximum Gasteiger partial charge on any atom is 0.404 e. The number of amides is 2. The van der Waals surface area contributed by atoms with Gasteiger partial charge in [-0.2, -0.15) is 11.8 Å². The number of sulfone groups is 1. The Bertz CT molecular complexity index is 555. The predicted molar refractivity (Wildman–Crippen MR) is 99.5 cm³/mol. The van der Waals surface area contributed by atoms with Crippen molar-refractivity contribution in [1.82, 2.24) is 10.6 Å². The first kappa shape index (κ1) is 22.0. The molecule has 0 bridgehead atoms. The highest BCUT2D eigenvalue weighted by atomic mass is 32.2. The summed E-state index contributed by atoms with van der Waals surface area (Å²) < 4.78 is 24.1. The van der Waals surface area contributed by atoms with Crippen LogP contribution in [-0.4, -0.2) is 67.2 Å². The van der Waals surface area contributed by atoms with Crippen LogP contribution in [0, 0.1) is 5.92 Å². The number of carboxylic acid groups (broad SMARTS) is 1. The molecule has 1 saturated carbocycles. The van der Waals surface area contributed by atoms with E-state index in [4.69, 9.17) is 10.8 Å². The number of nitrogens with one attached hydrogen (secondary N) is 2. The fraction of sp³-hybridized carbons (Fsp3) is 0.867. The van der Waals surface area contributed by atoms with Gasteiger partial charge in [0.2, 0.25) is 5.91 Å². The fourth-order valence-corrected chi connectivity index (χ4v) is 4.80. The van der Waals surface area contributed by atoms with E-state index in [2.05, 4.69) is 10.6 Å². The largest absolute Gasteiger partial charge is 0.465 e. The van der Waals surface area contributed by atoms with Crippen LogP contribution in [-0.2, 0) is 14.6 Å². The quantitative estimate of drug-likeness (QED) is 0.444. The van der Waals surface area contributed by atoms with Crippen molar-refractivity contribution in [2.24, 2.45) is 11.7 Å². The third kappa shape index (κ3) is 7.83. The van der Waals surface area contributed by atoms with Gasteiger partial charge in [0.15, 0.2) is 0 Å². The summed E-state index contributed by atoms with van der Waals surface area (Å²) in [6, 6.07) is -1.22. The molecule has 8 nitrogen and oxygen atoms in total. The maximum absolute atomic E-state index is 12.3. The average Bonchev–Trinajstić information content (AvgIpc) is 2.54. The van der Waals surface area contributed by atoms with Gasteiger partial charge in [0.1, 0.15) is 9.84 Å². The van der Waals surface area contributed by atoms with E-state index in [0.717, 1.165) is 5.75 Å². The van der Waals surface area contributed by atoms with E-state index < -0.39 is 22.0 Å². The monoisotopic (exact) mass is 395 g/mol. The second-order valence-corrected chi connectivity index (χ2v) is 9.80. The van der Waals surface area contributed by atoms with E-state index in [1.54, 1.807) is 18.7 Å². The van der Waals surface area contributed by atoms with Crippen molar-refractivity contribution in [3.05, 3.63) is 0 Å². The topological polar surface area (TPSA) is 139 Å². The van der Waals surface area contributed by atoms with Crippen LogP contribution < -0.4 is 16.4 Å². The molecule has 1 rings (SSSR count). The van der Waals surface area contributed by atoms with Gasteiger partial charge in [-0.05, 0) is 43.6 Å². The summed E-state index contributed by atoms with van der Waals surface area (Å²) in [6.45, 7) is 1.58. The number of rotatable bonds is 9. The van der Waals surface area contributed by atoms with E-state index in [0.29, 0.717) is 25.7 Å². The minimum atomic E-state index is -3.24. The number of carbonyl (C=O) groups excluding carboxylic acids is 1. The molecule has 1 fully saturated rings. The lowest BCUT2D eigenvalue weighted by atomic mass is 9.82. The summed E-state index contributed by atoms with van der Waals surface area (Å²) in [5, 5.41) is 14.2. The van der Waals surface area contributed by atoms with E-state index in [1.807, 2.05) is 6.26 Å². The molecule has 25 heavy (non-hydrogen) atoms. The van der Waals surface area contributed by atoms with E-state index in [1.165, 1.54) is 0 Å². The van der Waals surface area contributed by atoms with Gasteiger partial charge >= 0.3 is 6.09 Å². The van der Waals surface area contributed by atoms with Gasteiger partial charge in [-0.25, -0.2) is 13.2 Å². The van der Waals surface area contributed by atoms with Crippen LogP contribution in [0.5, 0.6) is 0 Å². The molecular weight excluding hydrogens is 366 g/mol. The lowest BCUT2D eigenvalue weighted by Crippen LogP contribution is -2.53. The van der Waals surface area contributed by atoms with Crippen molar-refractivity contribution < 1.29 is 23.1 Å². The lowest BCUT2D eigenvalue weighted by molar-refractivity contribution is -0.123. The zero-order chi connectivity index (χ0) is 19.0. The Kier molecular flexibility index (Phi) is 9.01. The molecule has 0 radical (unpaired) electrons. The van der Waals surface area contributed by atoms with Crippen LogP contribution in [0.25, 0.3) is 0 Å². The summed E-state index contributed by atoms with van der Waals surface area (Å²) in [5.41, 5.74) is 5.88. The van der Waals surface area contributed by atoms with Gasteiger partial charge in [-0.3, -0.25) is 4.79 Å². The number of thioether (sulfide) groups is 1. The highest BCUT2D eigenvalue weighted by Gasteiger charge is 2.35. The summed E-state index contributed by atoms with van der Waals surface area (Å²) >= 11 is 1.61. The van der Waals surface area contributed by atoms with Crippen molar-refractivity contribution in [2.45, 2.75) is 50.7 Å². The van der Waals surface area contributed by atoms with Gasteiger partial charge in [0.25, 0.3) is 0 Å². The Labute approximate surface area is 153 Å². The molecule has 2 amide bonds. The first-order valence-corrected chi connectivity index (χ1v) is 11.6. The molecule has 0 saturated heterocycles. The van der Waals surface area contributed by atoms with Crippen LogP contribution in [0.15, 0.2) is 0 Å². The van der Waals surface area contributed by atoms with Crippen LogP contribution in [0.3, 0.4) is 0 Å². The van der Waals surface area contributed by atoms with Gasteiger partial charge in [0, 0.05) is 17.8 Å². The second kappa shape index (κ2) is 10.2. The van der Waals surface area contributed by atoms with Crippen molar-refractivity contribution in [2.75, 3.05) is 23.5 Å². The molecule has 0 spiro atoms. The Morgan fingerprint density at radius 2 is 2.00 bits per heavy atom. The molecule has 2 unspecified atom stereocenters. The van der Waals surface area contributed by atoms with Crippen LogP contribution in [0.2, 0.25) is 0 Å². The van der Waals surface area contributed by atoms with Crippen molar-refractivity contribution >= 4 is 33.6 Å². The summed E-state index contributed by atoms with van der Waals surface area (Å²) in [7, 11) is -3.24. The Morgan fingerprint density at radius 3 is 2.56 bits per heavy atom. The molecule has 0 aromatic carbocycles. The predicted octanol–water partition coefficient (Wildman–Crippen LogP) is 0.423. The summed E-state index contributed by atoms with van der Waals surface area (Å²) in [5.74, 6) is 0.132. The molecule has 0 aliphatic heterocycles. The van der Waals surface area contributed by atoms with Crippen LogP contribution >= 0.6 is 11.8 Å². The first-order valence-electron chi connectivity index (χ1n) is 8.43. The maximum atomic E-state index is 12.3. The first-order chi connectivity index (χ1) is 11.7. The molecule has 5 N–H and O–H groups in total. The second-order valence-electron chi connectivity index (χ2n) is 6.42. The smallest absolute Gasteiger partial charge is 0.404 e. The molecule has 4 atom stereocenters. The lowest BCUT2D eigenvalue weighted by Gasteiger charge is -2.36. The summed E-state index contributed by atoms with van der Waals surface area (Å²) in [4.78, 5) is 23.1. The van der Waals surface area contributed by atoms with Crippen molar-refractivity contribution in [3.8, 4) is 0 Å². The fourth-order valence-electron chi connectivity index (χ4n) is 3.05. The number of hydrogen-bond acceptors (Lipinski definition) is 6. The molecule has 0 heterocycles. The van der Waals surface area contributed by atoms with E-state index in [9.17, 15) is 18.0 Å². The van der Waals surface area contributed by atoms with Gasteiger partial charge in [-0.1, -0.05) is 6.92 Å². The molecule has 1 aliphatic carbocycles. The number of carbonyl (C=O) groups is 2. The molecule has 1 aliphatic rings. The molecular formula is C15H29N3O5S2. The highest BCUT2D eigenvalue weighted by Crippen LogP contribution is 2.27.